The van der Waals surface area contributed by atoms with Crippen LogP contribution in [0, 0.1) is 5.82 Å². The first-order valence-electron chi connectivity index (χ1n) is 8.98. The summed E-state index contributed by atoms with van der Waals surface area (Å²) in [5, 5.41) is 8.02. The number of hydrogen-bond acceptors (Lipinski definition) is 3. The van der Waals surface area contributed by atoms with E-state index in [0.717, 1.165) is 18.5 Å². The standard InChI is InChI=1S/C21H24FN3O/c1-23-13-5-8-19-17(10-13)16-7-4-15(12-20(16)25(19)2)24-14-6-9-21(26-3)18(22)11-14/h4,6-7,9,11-13,23-24H,5,8,10H2,1-3H3. The van der Waals surface area contributed by atoms with Crippen molar-refractivity contribution in [3.63, 3.8) is 0 Å². The van der Waals surface area contributed by atoms with Crippen LogP contribution in [0.5, 0.6) is 5.75 Å². The Hall–Kier alpha value is -2.53. The number of nitrogens with one attached hydrogen (secondary N) is 2. The molecule has 1 aromatic heterocycles. The lowest BCUT2D eigenvalue weighted by Gasteiger charge is -2.22. The summed E-state index contributed by atoms with van der Waals surface area (Å²) < 4.78 is 21.2. The summed E-state index contributed by atoms with van der Waals surface area (Å²) in [6.07, 6.45) is 3.34. The maximum atomic E-state index is 13.9. The number of methoxy groups -OCH3 is 1. The van der Waals surface area contributed by atoms with Gasteiger partial charge in [-0.2, -0.15) is 0 Å². The average Bonchev–Trinajstić information content (AvgIpc) is 2.93. The van der Waals surface area contributed by atoms with Crippen LogP contribution < -0.4 is 15.4 Å². The molecule has 0 amide bonds. The SMILES string of the molecule is CNC1CCc2c(c3ccc(Nc4ccc(OC)c(F)c4)cc3n2C)C1. The van der Waals surface area contributed by atoms with E-state index in [2.05, 4.69) is 40.4 Å². The van der Waals surface area contributed by atoms with Gasteiger partial charge in [-0.3, -0.25) is 0 Å². The molecule has 1 atom stereocenters. The largest absolute Gasteiger partial charge is 0.494 e. The van der Waals surface area contributed by atoms with Crippen molar-refractivity contribution in [1.29, 1.82) is 0 Å². The Labute approximate surface area is 153 Å². The maximum Gasteiger partial charge on any atom is 0.167 e. The number of benzene rings is 2. The van der Waals surface area contributed by atoms with Crippen molar-refractivity contribution < 1.29 is 9.13 Å². The quantitative estimate of drug-likeness (QED) is 0.740. The minimum absolute atomic E-state index is 0.250. The lowest BCUT2D eigenvalue weighted by molar-refractivity contribution is 0.386. The number of nitrogens with zero attached hydrogens (tertiary/aromatic N) is 1. The molecule has 0 saturated heterocycles. The van der Waals surface area contributed by atoms with E-state index in [-0.39, 0.29) is 11.6 Å². The zero-order valence-corrected chi connectivity index (χ0v) is 15.4. The number of aryl methyl sites for hydroxylation is 1. The van der Waals surface area contributed by atoms with Crippen LogP contribution in [0.2, 0.25) is 0 Å². The summed E-state index contributed by atoms with van der Waals surface area (Å²) in [7, 11) is 5.64. The van der Waals surface area contributed by atoms with Crippen LogP contribution in [0.1, 0.15) is 17.7 Å². The number of aromatic nitrogens is 1. The van der Waals surface area contributed by atoms with Crippen LogP contribution >= 0.6 is 0 Å². The van der Waals surface area contributed by atoms with Crippen molar-refractivity contribution in [2.75, 3.05) is 19.5 Å². The second-order valence-corrected chi connectivity index (χ2v) is 6.92. The maximum absolute atomic E-state index is 13.9. The normalized spacial score (nSPS) is 16.5. The molecule has 0 aliphatic heterocycles. The number of fused-ring (bicyclic) bond motifs is 3. The Morgan fingerprint density at radius 2 is 1.92 bits per heavy atom. The first-order chi connectivity index (χ1) is 12.6. The van der Waals surface area contributed by atoms with Gasteiger partial charge in [0.25, 0.3) is 0 Å². The average molecular weight is 353 g/mol. The second-order valence-electron chi connectivity index (χ2n) is 6.92. The number of rotatable bonds is 4. The van der Waals surface area contributed by atoms with Gasteiger partial charge in [0.05, 0.1) is 12.6 Å². The molecule has 1 aliphatic carbocycles. The van der Waals surface area contributed by atoms with Crippen molar-refractivity contribution in [2.24, 2.45) is 7.05 Å². The number of anilines is 2. The monoisotopic (exact) mass is 353 g/mol. The Bertz CT molecular complexity index is 964. The van der Waals surface area contributed by atoms with Crippen LogP contribution in [0.4, 0.5) is 15.8 Å². The fourth-order valence-corrected chi connectivity index (χ4v) is 4.01. The third kappa shape index (κ3) is 2.82. The molecule has 4 rings (SSSR count). The van der Waals surface area contributed by atoms with E-state index in [1.54, 1.807) is 6.07 Å². The van der Waals surface area contributed by atoms with E-state index in [1.165, 1.54) is 41.8 Å². The first-order valence-corrected chi connectivity index (χ1v) is 8.98. The van der Waals surface area contributed by atoms with Gasteiger partial charge in [0, 0.05) is 41.6 Å². The number of ether oxygens (including phenoxy) is 1. The molecule has 1 unspecified atom stereocenters. The summed E-state index contributed by atoms with van der Waals surface area (Å²) in [6, 6.07) is 11.8. The van der Waals surface area contributed by atoms with Gasteiger partial charge in [-0.15, -0.1) is 0 Å². The molecule has 2 aromatic carbocycles. The highest BCUT2D eigenvalue weighted by Crippen LogP contribution is 2.34. The molecule has 4 nitrogen and oxygen atoms in total. The van der Waals surface area contributed by atoms with Crippen molar-refractivity contribution in [3.05, 3.63) is 53.5 Å². The van der Waals surface area contributed by atoms with Gasteiger partial charge in [0.15, 0.2) is 11.6 Å². The van der Waals surface area contributed by atoms with E-state index in [1.807, 2.05) is 13.1 Å². The number of hydrogen-bond donors (Lipinski definition) is 2. The summed E-state index contributed by atoms with van der Waals surface area (Å²) in [5.74, 6) is -0.119. The molecule has 1 heterocycles. The topological polar surface area (TPSA) is 38.2 Å². The summed E-state index contributed by atoms with van der Waals surface area (Å²) in [5.41, 5.74) is 5.75. The molecule has 26 heavy (non-hydrogen) atoms. The van der Waals surface area contributed by atoms with Crippen LogP contribution in [-0.4, -0.2) is 24.8 Å². The van der Waals surface area contributed by atoms with Gasteiger partial charge in [0.2, 0.25) is 0 Å². The first kappa shape index (κ1) is 16.9. The lowest BCUT2D eigenvalue weighted by atomic mass is 9.91. The molecular weight excluding hydrogens is 329 g/mol. The van der Waals surface area contributed by atoms with E-state index < -0.39 is 0 Å². The van der Waals surface area contributed by atoms with E-state index in [0.29, 0.717) is 11.7 Å². The molecule has 5 heteroatoms. The van der Waals surface area contributed by atoms with Gasteiger partial charge >= 0.3 is 0 Å². The molecule has 1 aliphatic rings. The van der Waals surface area contributed by atoms with Crippen LogP contribution in [0.25, 0.3) is 10.9 Å². The zero-order chi connectivity index (χ0) is 18.3. The van der Waals surface area contributed by atoms with Crippen molar-refractivity contribution in [2.45, 2.75) is 25.3 Å². The third-order valence-electron chi connectivity index (χ3n) is 5.47. The molecule has 0 saturated carbocycles. The third-order valence-corrected chi connectivity index (χ3v) is 5.47. The minimum atomic E-state index is -0.369. The van der Waals surface area contributed by atoms with E-state index >= 15 is 0 Å². The Kier molecular flexibility index (Phi) is 4.32. The molecule has 0 bridgehead atoms. The van der Waals surface area contributed by atoms with E-state index in [9.17, 15) is 4.39 Å². The summed E-state index contributed by atoms with van der Waals surface area (Å²) in [4.78, 5) is 0. The van der Waals surface area contributed by atoms with Crippen LogP contribution in [0.15, 0.2) is 36.4 Å². The van der Waals surface area contributed by atoms with Crippen molar-refractivity contribution >= 4 is 22.3 Å². The van der Waals surface area contributed by atoms with Crippen LogP contribution in [-0.2, 0) is 19.9 Å². The Morgan fingerprint density at radius 3 is 2.65 bits per heavy atom. The van der Waals surface area contributed by atoms with Crippen molar-refractivity contribution in [3.8, 4) is 5.75 Å². The number of likely N-dealkylation sites (N-methyl/N-ethyl adjacent to an activating group) is 1. The smallest absolute Gasteiger partial charge is 0.167 e. The molecule has 2 N–H and O–H groups in total. The van der Waals surface area contributed by atoms with Gasteiger partial charge in [-0.05, 0) is 56.1 Å². The van der Waals surface area contributed by atoms with E-state index in [4.69, 9.17) is 4.74 Å². The fourth-order valence-electron chi connectivity index (χ4n) is 4.01. The number of halogens is 1. The van der Waals surface area contributed by atoms with Gasteiger partial charge in [0.1, 0.15) is 0 Å². The molecule has 0 spiro atoms. The minimum Gasteiger partial charge on any atom is -0.494 e. The highest BCUT2D eigenvalue weighted by atomic mass is 19.1. The Morgan fingerprint density at radius 1 is 1.15 bits per heavy atom. The molecule has 3 aromatic rings. The van der Waals surface area contributed by atoms with Crippen LogP contribution in [0.3, 0.4) is 0 Å². The fraction of sp³-hybridized carbons (Fsp3) is 0.333. The predicted molar refractivity (Wildman–Crippen MR) is 104 cm³/mol. The predicted octanol–water partition coefficient (Wildman–Crippen LogP) is 4.15. The summed E-state index contributed by atoms with van der Waals surface area (Å²) in [6.45, 7) is 0. The summed E-state index contributed by atoms with van der Waals surface area (Å²) >= 11 is 0. The van der Waals surface area contributed by atoms with Gasteiger partial charge < -0.3 is 19.9 Å². The highest BCUT2D eigenvalue weighted by Gasteiger charge is 2.23. The molecular formula is C21H24FN3O. The highest BCUT2D eigenvalue weighted by molar-refractivity contribution is 5.89. The van der Waals surface area contributed by atoms with Gasteiger partial charge in [-0.25, -0.2) is 4.39 Å². The Balaban J connectivity index is 1.68. The lowest BCUT2D eigenvalue weighted by Crippen LogP contribution is -2.31. The molecule has 0 fully saturated rings. The second kappa shape index (κ2) is 6.65. The molecule has 0 radical (unpaired) electrons. The van der Waals surface area contributed by atoms with Gasteiger partial charge in [-0.1, -0.05) is 6.07 Å². The molecule has 136 valence electrons. The zero-order valence-electron chi connectivity index (χ0n) is 15.4. The van der Waals surface area contributed by atoms with Crippen molar-refractivity contribution in [1.82, 2.24) is 9.88 Å².